The molecule has 1 aliphatic heterocycles. The first-order valence-electron chi connectivity index (χ1n) is 4.77. The van der Waals surface area contributed by atoms with E-state index < -0.39 is 0 Å². The number of aromatic nitrogens is 1. The summed E-state index contributed by atoms with van der Waals surface area (Å²) in [5, 5.41) is 8.76. The van der Waals surface area contributed by atoms with Gasteiger partial charge < -0.3 is 15.4 Å². The van der Waals surface area contributed by atoms with Crippen molar-refractivity contribution >= 4 is 11.5 Å². The molecule has 2 N–H and O–H groups in total. The van der Waals surface area contributed by atoms with Gasteiger partial charge in [0.05, 0.1) is 19.2 Å². The molecule has 5 heteroatoms. The first-order chi connectivity index (χ1) is 7.29. The fourth-order valence-electron chi connectivity index (χ4n) is 1.54. The topological polar surface area (TPSA) is 75.2 Å². The van der Waals surface area contributed by atoms with Crippen LogP contribution >= 0.6 is 0 Å². The standard InChI is InChI=1S/C10H12N4O/c11-6-9-7-14(3-4-15-9)10-5-8(12)1-2-13-10/h1-2,5,9H,3-4,7H2,(H2,12,13). The second-order valence-corrected chi connectivity index (χ2v) is 3.38. The molecule has 0 spiro atoms. The van der Waals surface area contributed by atoms with Gasteiger partial charge in [-0.2, -0.15) is 5.26 Å². The maximum atomic E-state index is 8.76. The predicted molar refractivity (Wildman–Crippen MR) is 56.2 cm³/mol. The summed E-state index contributed by atoms with van der Waals surface area (Å²) in [6.45, 7) is 1.84. The van der Waals surface area contributed by atoms with Crippen LogP contribution in [-0.2, 0) is 4.74 Å². The molecule has 0 bridgehead atoms. The minimum atomic E-state index is -0.373. The van der Waals surface area contributed by atoms with Crippen molar-refractivity contribution < 1.29 is 4.74 Å². The van der Waals surface area contributed by atoms with Crippen LogP contribution in [0.25, 0.3) is 0 Å². The molecule has 2 rings (SSSR count). The van der Waals surface area contributed by atoms with Gasteiger partial charge in [0.25, 0.3) is 0 Å². The number of anilines is 2. The van der Waals surface area contributed by atoms with E-state index in [2.05, 4.69) is 11.1 Å². The molecular weight excluding hydrogens is 192 g/mol. The normalized spacial score (nSPS) is 21.0. The molecule has 0 amide bonds. The van der Waals surface area contributed by atoms with Crippen molar-refractivity contribution in [2.75, 3.05) is 30.3 Å². The lowest BCUT2D eigenvalue weighted by molar-refractivity contribution is 0.0761. The zero-order valence-corrected chi connectivity index (χ0v) is 8.26. The smallest absolute Gasteiger partial charge is 0.161 e. The summed E-state index contributed by atoms with van der Waals surface area (Å²) in [5.74, 6) is 0.804. The third-order valence-corrected chi connectivity index (χ3v) is 2.30. The van der Waals surface area contributed by atoms with Gasteiger partial charge >= 0.3 is 0 Å². The molecule has 0 saturated carbocycles. The van der Waals surface area contributed by atoms with E-state index in [1.807, 2.05) is 4.90 Å². The van der Waals surface area contributed by atoms with Crippen LogP contribution < -0.4 is 10.6 Å². The Hall–Kier alpha value is -1.80. The molecule has 1 saturated heterocycles. The number of morpholine rings is 1. The highest BCUT2D eigenvalue weighted by Gasteiger charge is 2.20. The van der Waals surface area contributed by atoms with E-state index in [1.54, 1.807) is 18.3 Å². The van der Waals surface area contributed by atoms with Crippen LogP contribution in [0.2, 0.25) is 0 Å². The fraction of sp³-hybridized carbons (Fsp3) is 0.400. The quantitative estimate of drug-likeness (QED) is 0.716. The highest BCUT2D eigenvalue weighted by Crippen LogP contribution is 2.16. The maximum Gasteiger partial charge on any atom is 0.161 e. The average Bonchev–Trinajstić information content (AvgIpc) is 2.29. The Morgan fingerprint density at radius 3 is 3.27 bits per heavy atom. The molecule has 0 aliphatic carbocycles. The van der Waals surface area contributed by atoms with E-state index in [-0.39, 0.29) is 6.10 Å². The fourth-order valence-corrected chi connectivity index (χ4v) is 1.54. The molecule has 1 aliphatic rings. The molecule has 1 unspecified atom stereocenters. The maximum absolute atomic E-state index is 8.76. The third-order valence-electron chi connectivity index (χ3n) is 2.30. The summed E-state index contributed by atoms with van der Waals surface area (Å²) in [5.41, 5.74) is 6.35. The molecule has 15 heavy (non-hydrogen) atoms. The lowest BCUT2D eigenvalue weighted by atomic mass is 10.3. The van der Waals surface area contributed by atoms with Crippen molar-refractivity contribution in [3.63, 3.8) is 0 Å². The monoisotopic (exact) mass is 204 g/mol. The highest BCUT2D eigenvalue weighted by atomic mass is 16.5. The summed E-state index contributed by atoms with van der Waals surface area (Å²) in [6, 6.07) is 5.64. The first-order valence-corrected chi connectivity index (χ1v) is 4.77. The van der Waals surface area contributed by atoms with E-state index in [1.165, 1.54) is 0 Å². The van der Waals surface area contributed by atoms with Gasteiger partial charge in [0.2, 0.25) is 0 Å². The number of pyridine rings is 1. The lowest BCUT2D eigenvalue weighted by Gasteiger charge is -2.30. The van der Waals surface area contributed by atoms with Crippen molar-refractivity contribution in [1.82, 2.24) is 4.98 Å². The van der Waals surface area contributed by atoms with Crippen LogP contribution in [0, 0.1) is 11.3 Å². The van der Waals surface area contributed by atoms with Gasteiger partial charge in [-0.3, -0.25) is 0 Å². The van der Waals surface area contributed by atoms with E-state index >= 15 is 0 Å². The summed E-state index contributed by atoms with van der Waals surface area (Å²) in [6.07, 6.45) is 1.29. The Morgan fingerprint density at radius 1 is 1.67 bits per heavy atom. The van der Waals surface area contributed by atoms with E-state index in [4.69, 9.17) is 15.7 Å². The zero-order chi connectivity index (χ0) is 10.7. The Bertz CT molecular complexity index is 387. The molecule has 1 fully saturated rings. The van der Waals surface area contributed by atoms with Crippen molar-refractivity contribution in [3.05, 3.63) is 18.3 Å². The zero-order valence-electron chi connectivity index (χ0n) is 8.26. The Labute approximate surface area is 88.1 Å². The van der Waals surface area contributed by atoms with E-state index in [0.717, 1.165) is 12.4 Å². The van der Waals surface area contributed by atoms with Gasteiger partial charge in [0.15, 0.2) is 6.10 Å². The minimum absolute atomic E-state index is 0.373. The SMILES string of the molecule is N#CC1CN(c2cc(N)ccn2)CCO1. The van der Waals surface area contributed by atoms with Crippen molar-refractivity contribution in [3.8, 4) is 6.07 Å². The first kappa shape index (κ1) is 9.74. The molecule has 1 aromatic heterocycles. The van der Waals surface area contributed by atoms with Gasteiger partial charge in [-0.15, -0.1) is 0 Å². The van der Waals surface area contributed by atoms with Crippen LogP contribution in [0.1, 0.15) is 0 Å². The summed E-state index contributed by atoms with van der Waals surface area (Å²) in [4.78, 5) is 6.22. The average molecular weight is 204 g/mol. The molecule has 1 atom stereocenters. The number of hydrogen-bond acceptors (Lipinski definition) is 5. The lowest BCUT2D eigenvalue weighted by Crippen LogP contribution is -2.42. The van der Waals surface area contributed by atoms with E-state index in [9.17, 15) is 0 Å². The molecule has 78 valence electrons. The van der Waals surface area contributed by atoms with Gasteiger partial charge in [0.1, 0.15) is 5.82 Å². The molecular formula is C10H12N4O. The second-order valence-electron chi connectivity index (χ2n) is 3.38. The minimum Gasteiger partial charge on any atom is -0.399 e. The molecule has 5 nitrogen and oxygen atoms in total. The summed E-state index contributed by atoms with van der Waals surface area (Å²) < 4.78 is 5.25. The largest absolute Gasteiger partial charge is 0.399 e. The van der Waals surface area contributed by atoms with Crippen molar-refractivity contribution in [1.29, 1.82) is 5.26 Å². The Morgan fingerprint density at radius 2 is 2.53 bits per heavy atom. The number of hydrogen-bond donors (Lipinski definition) is 1. The van der Waals surface area contributed by atoms with Gasteiger partial charge in [-0.25, -0.2) is 4.98 Å². The van der Waals surface area contributed by atoms with Crippen LogP contribution in [0.5, 0.6) is 0 Å². The predicted octanol–water partition coefficient (Wildman–Crippen LogP) is 0.393. The summed E-state index contributed by atoms with van der Waals surface area (Å²) in [7, 11) is 0. The van der Waals surface area contributed by atoms with Crippen molar-refractivity contribution in [2.45, 2.75) is 6.10 Å². The molecule has 0 aromatic carbocycles. The third kappa shape index (κ3) is 2.17. The van der Waals surface area contributed by atoms with Gasteiger partial charge in [-0.05, 0) is 6.07 Å². The number of rotatable bonds is 1. The second kappa shape index (κ2) is 4.15. The Balaban J connectivity index is 2.14. The highest BCUT2D eigenvalue weighted by molar-refractivity contribution is 5.50. The molecule has 2 heterocycles. The number of nitrogen functional groups attached to an aromatic ring is 1. The molecule has 1 aromatic rings. The number of nitriles is 1. The van der Waals surface area contributed by atoms with E-state index in [0.29, 0.717) is 18.8 Å². The van der Waals surface area contributed by atoms with Gasteiger partial charge in [0, 0.05) is 24.5 Å². The number of nitrogens with two attached hydrogens (primary N) is 1. The summed E-state index contributed by atoms with van der Waals surface area (Å²) >= 11 is 0. The van der Waals surface area contributed by atoms with Crippen LogP contribution in [0.4, 0.5) is 11.5 Å². The molecule has 0 radical (unpaired) electrons. The van der Waals surface area contributed by atoms with Crippen LogP contribution in [0.15, 0.2) is 18.3 Å². The number of ether oxygens (including phenoxy) is 1. The van der Waals surface area contributed by atoms with Crippen LogP contribution in [0.3, 0.4) is 0 Å². The Kier molecular flexibility index (Phi) is 2.70. The number of nitrogens with zero attached hydrogens (tertiary/aromatic N) is 3. The van der Waals surface area contributed by atoms with Crippen molar-refractivity contribution in [2.24, 2.45) is 0 Å². The van der Waals surface area contributed by atoms with Crippen LogP contribution in [-0.4, -0.2) is 30.8 Å². The van der Waals surface area contributed by atoms with Gasteiger partial charge in [-0.1, -0.05) is 0 Å².